The van der Waals surface area contributed by atoms with Gasteiger partial charge in [0, 0.05) is 11.8 Å². The molecule has 0 radical (unpaired) electrons. The second kappa shape index (κ2) is 8.92. The zero-order valence-electron chi connectivity index (χ0n) is 14.3. The summed E-state index contributed by atoms with van der Waals surface area (Å²) in [6.45, 7) is 0. The second-order valence-electron chi connectivity index (χ2n) is 5.60. The van der Waals surface area contributed by atoms with E-state index in [-0.39, 0.29) is 5.91 Å². The molecular formula is C15H21N3O6S2. The Kier molecular flexibility index (Phi) is 7.48. The van der Waals surface area contributed by atoms with Crippen molar-refractivity contribution in [3.8, 4) is 0 Å². The average Bonchev–Trinajstić information content (AvgIpc) is 2.71. The molecule has 11 heteroatoms. The number of nitrogens with zero attached hydrogens (tertiary/aromatic N) is 1. The minimum Gasteiger partial charge on any atom is -0.322 e. The van der Waals surface area contributed by atoms with Crippen molar-refractivity contribution in [2.24, 2.45) is 10.9 Å². The molecule has 1 aromatic rings. The Labute approximate surface area is 152 Å². The predicted octanol–water partition coefficient (Wildman–Crippen LogP) is 0.332. The van der Waals surface area contributed by atoms with Gasteiger partial charge in [-0.2, -0.15) is 13.5 Å². The van der Waals surface area contributed by atoms with Crippen molar-refractivity contribution in [1.29, 1.82) is 0 Å². The maximum absolute atomic E-state index is 12.0. The number of rotatable bonds is 3. The average molecular weight is 403 g/mol. The SMILES string of the molecule is CS(=O)(=O)O.CS(=O)(=O)c1cccc2c1CCCC(C(=O)NC=NN)=C2. The van der Waals surface area contributed by atoms with E-state index in [1.165, 1.54) is 6.26 Å². The molecule has 0 atom stereocenters. The number of amides is 1. The van der Waals surface area contributed by atoms with Crippen molar-refractivity contribution in [3.05, 3.63) is 34.9 Å². The van der Waals surface area contributed by atoms with Gasteiger partial charge in [-0.05, 0) is 42.5 Å². The minimum atomic E-state index is -3.67. The van der Waals surface area contributed by atoms with Gasteiger partial charge in [0.1, 0.15) is 6.34 Å². The van der Waals surface area contributed by atoms with Gasteiger partial charge < -0.3 is 11.2 Å². The lowest BCUT2D eigenvalue weighted by atomic mass is 10.0. The van der Waals surface area contributed by atoms with Gasteiger partial charge in [0.15, 0.2) is 9.84 Å². The first kappa shape index (κ1) is 21.8. The van der Waals surface area contributed by atoms with E-state index >= 15 is 0 Å². The van der Waals surface area contributed by atoms with Crippen LogP contribution < -0.4 is 11.2 Å². The van der Waals surface area contributed by atoms with Gasteiger partial charge in [0.2, 0.25) is 0 Å². The molecule has 0 bridgehead atoms. The van der Waals surface area contributed by atoms with Gasteiger partial charge in [0.25, 0.3) is 16.0 Å². The summed E-state index contributed by atoms with van der Waals surface area (Å²) in [7, 11) is -6.95. The molecule has 0 aliphatic heterocycles. The van der Waals surface area contributed by atoms with Crippen molar-refractivity contribution >= 4 is 38.3 Å². The molecule has 144 valence electrons. The summed E-state index contributed by atoms with van der Waals surface area (Å²) in [5, 5.41) is 5.68. The summed E-state index contributed by atoms with van der Waals surface area (Å²) in [6.07, 6.45) is 6.67. The van der Waals surface area contributed by atoms with Crippen LogP contribution in [-0.2, 0) is 31.2 Å². The van der Waals surface area contributed by atoms with Crippen LogP contribution in [0.5, 0.6) is 0 Å². The minimum absolute atomic E-state index is 0.276. The third-order valence-corrected chi connectivity index (χ3v) is 4.51. The van der Waals surface area contributed by atoms with Crippen molar-refractivity contribution in [2.45, 2.75) is 24.2 Å². The molecule has 0 heterocycles. The van der Waals surface area contributed by atoms with Crippen LogP contribution in [0.15, 0.2) is 33.8 Å². The standard InChI is InChI=1S/C14H17N3O3S.CH4O3S/c1-21(19,20)13-7-3-4-10-8-11(5-2-6-12(10)13)14(18)16-9-17-15;1-5(2,3)4/h3-4,7-9H,2,5-6,15H2,1H3,(H,16,17,18);1H3,(H,2,3,4). The van der Waals surface area contributed by atoms with Crippen LogP contribution in [0.25, 0.3) is 6.08 Å². The number of nitrogens with two attached hydrogens (primary N) is 1. The Morgan fingerprint density at radius 1 is 1.23 bits per heavy atom. The maximum Gasteiger partial charge on any atom is 0.261 e. The normalized spacial score (nSPS) is 14.5. The lowest BCUT2D eigenvalue weighted by Crippen LogP contribution is -2.23. The van der Waals surface area contributed by atoms with E-state index in [0.717, 1.165) is 17.5 Å². The van der Waals surface area contributed by atoms with Gasteiger partial charge in [-0.3, -0.25) is 9.35 Å². The number of hydrogen-bond acceptors (Lipinski definition) is 7. The predicted molar refractivity (Wildman–Crippen MR) is 98.8 cm³/mol. The molecule has 0 fully saturated rings. The fourth-order valence-corrected chi connectivity index (χ4v) is 3.41. The zero-order valence-corrected chi connectivity index (χ0v) is 16.0. The molecule has 1 aliphatic carbocycles. The Morgan fingerprint density at radius 3 is 2.38 bits per heavy atom. The highest BCUT2D eigenvalue weighted by Crippen LogP contribution is 2.28. The van der Waals surface area contributed by atoms with E-state index in [0.29, 0.717) is 36.0 Å². The molecule has 2 rings (SSSR count). The van der Waals surface area contributed by atoms with E-state index in [4.69, 9.17) is 10.4 Å². The van der Waals surface area contributed by atoms with Crippen LogP contribution in [0.4, 0.5) is 0 Å². The quantitative estimate of drug-likeness (QED) is 0.216. The van der Waals surface area contributed by atoms with Crippen LogP contribution in [-0.4, -0.2) is 46.1 Å². The van der Waals surface area contributed by atoms with Crippen LogP contribution >= 0.6 is 0 Å². The van der Waals surface area contributed by atoms with Crippen LogP contribution in [0.1, 0.15) is 24.0 Å². The zero-order chi connectivity index (χ0) is 20.0. The molecule has 0 spiro atoms. The van der Waals surface area contributed by atoms with Gasteiger partial charge in [-0.15, -0.1) is 0 Å². The summed E-state index contributed by atoms with van der Waals surface area (Å²) in [4.78, 5) is 12.3. The lowest BCUT2D eigenvalue weighted by Gasteiger charge is -2.09. The van der Waals surface area contributed by atoms with Crippen molar-refractivity contribution in [2.75, 3.05) is 12.5 Å². The van der Waals surface area contributed by atoms with E-state index in [2.05, 4.69) is 10.4 Å². The molecule has 1 aromatic carbocycles. The highest BCUT2D eigenvalue weighted by atomic mass is 32.2. The van der Waals surface area contributed by atoms with E-state index in [1.54, 1.807) is 18.2 Å². The number of carbonyl (C=O) groups is 1. The third kappa shape index (κ3) is 7.33. The number of sulfone groups is 1. The molecule has 1 amide bonds. The number of hydrogen-bond donors (Lipinski definition) is 3. The van der Waals surface area contributed by atoms with Gasteiger partial charge in [-0.25, -0.2) is 8.42 Å². The maximum atomic E-state index is 12.0. The topological polar surface area (TPSA) is 156 Å². The molecule has 0 aromatic heterocycles. The van der Waals surface area contributed by atoms with Crippen LogP contribution in [0.3, 0.4) is 0 Å². The second-order valence-corrected chi connectivity index (χ2v) is 9.05. The fourth-order valence-electron chi connectivity index (χ4n) is 2.42. The van der Waals surface area contributed by atoms with E-state index in [1.807, 2.05) is 6.07 Å². The van der Waals surface area contributed by atoms with Gasteiger partial charge >= 0.3 is 0 Å². The van der Waals surface area contributed by atoms with Crippen molar-refractivity contribution in [1.82, 2.24) is 5.32 Å². The molecule has 0 saturated carbocycles. The van der Waals surface area contributed by atoms with E-state index < -0.39 is 20.0 Å². The number of carbonyl (C=O) groups excluding carboxylic acids is 1. The third-order valence-electron chi connectivity index (χ3n) is 3.33. The number of hydrazone groups is 1. The summed E-state index contributed by atoms with van der Waals surface area (Å²) in [6, 6.07) is 5.11. The van der Waals surface area contributed by atoms with Crippen molar-refractivity contribution < 1.29 is 26.2 Å². The fraction of sp³-hybridized carbons (Fsp3) is 0.333. The molecule has 0 unspecified atom stereocenters. The smallest absolute Gasteiger partial charge is 0.261 e. The molecule has 0 saturated heterocycles. The molecule has 26 heavy (non-hydrogen) atoms. The van der Waals surface area contributed by atoms with Crippen molar-refractivity contribution in [3.63, 3.8) is 0 Å². The molecular weight excluding hydrogens is 382 g/mol. The Morgan fingerprint density at radius 2 is 1.85 bits per heavy atom. The lowest BCUT2D eigenvalue weighted by molar-refractivity contribution is -0.116. The van der Waals surface area contributed by atoms with Crippen LogP contribution in [0, 0.1) is 0 Å². The highest BCUT2D eigenvalue weighted by Gasteiger charge is 2.19. The number of benzene rings is 1. The summed E-state index contributed by atoms with van der Waals surface area (Å²) in [5.41, 5.74) is 2.12. The first-order valence-corrected chi connectivity index (χ1v) is 11.1. The largest absolute Gasteiger partial charge is 0.322 e. The summed E-state index contributed by atoms with van der Waals surface area (Å²) < 4.78 is 49.6. The Balaban J connectivity index is 0.000000597. The van der Waals surface area contributed by atoms with Gasteiger partial charge in [0.05, 0.1) is 11.2 Å². The highest BCUT2D eigenvalue weighted by molar-refractivity contribution is 7.90. The first-order valence-electron chi connectivity index (χ1n) is 7.41. The summed E-state index contributed by atoms with van der Waals surface area (Å²) >= 11 is 0. The van der Waals surface area contributed by atoms with E-state index in [9.17, 15) is 21.6 Å². The Bertz CT molecular complexity index is 926. The monoisotopic (exact) mass is 403 g/mol. The molecule has 1 aliphatic rings. The van der Waals surface area contributed by atoms with Crippen LogP contribution in [0.2, 0.25) is 0 Å². The molecule has 4 N–H and O–H groups in total. The number of nitrogens with one attached hydrogen (secondary N) is 1. The molecule has 9 nitrogen and oxygen atoms in total. The summed E-state index contributed by atoms with van der Waals surface area (Å²) in [5.74, 6) is 4.67. The Hall–Kier alpha value is -2.24. The number of fused-ring (bicyclic) bond motifs is 1. The van der Waals surface area contributed by atoms with Gasteiger partial charge in [-0.1, -0.05) is 12.1 Å². The first-order chi connectivity index (χ1) is 11.9.